The fraction of sp³-hybridized carbons (Fsp3) is 0.143. The number of thioether (sulfide) groups is 1. The molecule has 1 heteroatoms. The van der Waals surface area contributed by atoms with Crippen LogP contribution in [0.5, 0.6) is 0 Å². The van der Waals surface area contributed by atoms with Crippen molar-refractivity contribution in [3.05, 3.63) is 65.7 Å². The smallest absolute Gasteiger partial charge is 0.0232 e. The first-order chi connectivity index (χ1) is 7.36. The maximum atomic E-state index is 3.27. The number of benzene rings is 2. The van der Waals surface area contributed by atoms with Crippen molar-refractivity contribution in [3.8, 4) is 0 Å². The van der Waals surface area contributed by atoms with Gasteiger partial charge in [0, 0.05) is 10.6 Å². The van der Waals surface area contributed by atoms with Crippen LogP contribution in [0.1, 0.15) is 11.1 Å². The van der Waals surface area contributed by atoms with E-state index >= 15 is 0 Å². The van der Waals surface area contributed by atoms with Gasteiger partial charge in [0.25, 0.3) is 0 Å². The summed E-state index contributed by atoms with van der Waals surface area (Å²) in [6.45, 7) is 2.13. The zero-order chi connectivity index (χ0) is 10.5. The predicted molar refractivity (Wildman–Crippen MR) is 66.0 cm³/mol. The zero-order valence-corrected chi connectivity index (χ0v) is 9.55. The van der Waals surface area contributed by atoms with Gasteiger partial charge in [-0.25, -0.2) is 0 Å². The van der Waals surface area contributed by atoms with Crippen molar-refractivity contribution >= 4 is 11.8 Å². The maximum Gasteiger partial charge on any atom is 0.0232 e. The third-order valence-electron chi connectivity index (χ3n) is 2.24. The van der Waals surface area contributed by atoms with Crippen LogP contribution in [-0.4, -0.2) is 0 Å². The van der Waals surface area contributed by atoms with E-state index in [1.165, 1.54) is 16.0 Å². The van der Waals surface area contributed by atoms with E-state index in [2.05, 4.69) is 43.3 Å². The van der Waals surface area contributed by atoms with Crippen LogP contribution in [0.25, 0.3) is 0 Å². The van der Waals surface area contributed by atoms with Gasteiger partial charge < -0.3 is 0 Å². The van der Waals surface area contributed by atoms with Crippen LogP contribution in [0.4, 0.5) is 0 Å². The lowest BCUT2D eigenvalue weighted by Crippen LogP contribution is -1.82. The van der Waals surface area contributed by atoms with Gasteiger partial charge in [0.1, 0.15) is 0 Å². The molecule has 2 aromatic rings. The highest BCUT2D eigenvalue weighted by atomic mass is 32.2. The van der Waals surface area contributed by atoms with E-state index in [0.717, 1.165) is 5.75 Å². The van der Waals surface area contributed by atoms with E-state index < -0.39 is 0 Å². The van der Waals surface area contributed by atoms with E-state index in [1.807, 2.05) is 30.0 Å². The molecule has 1 radical (unpaired) electrons. The minimum atomic E-state index is 1.02. The first-order valence-electron chi connectivity index (χ1n) is 5.00. The van der Waals surface area contributed by atoms with Crippen LogP contribution in [0.2, 0.25) is 0 Å². The quantitative estimate of drug-likeness (QED) is 0.692. The first-order valence-corrected chi connectivity index (χ1v) is 5.99. The minimum absolute atomic E-state index is 1.02. The summed E-state index contributed by atoms with van der Waals surface area (Å²) in [6.07, 6.45) is 0. The fourth-order valence-corrected chi connectivity index (χ4v) is 2.34. The van der Waals surface area contributed by atoms with E-state index in [4.69, 9.17) is 0 Å². The predicted octanol–water partition coefficient (Wildman–Crippen LogP) is 4.09. The molecule has 0 N–H and O–H groups in total. The molecule has 0 aliphatic rings. The van der Waals surface area contributed by atoms with Gasteiger partial charge in [-0.3, -0.25) is 0 Å². The maximum absolute atomic E-state index is 3.27. The van der Waals surface area contributed by atoms with E-state index in [-0.39, 0.29) is 0 Å². The summed E-state index contributed by atoms with van der Waals surface area (Å²) in [5.74, 6) is 1.02. The molecule has 0 nitrogen and oxygen atoms in total. The van der Waals surface area contributed by atoms with Crippen molar-refractivity contribution < 1.29 is 0 Å². The molecule has 75 valence electrons. The van der Waals surface area contributed by atoms with Gasteiger partial charge in [0.2, 0.25) is 0 Å². The Morgan fingerprint density at radius 2 is 1.87 bits per heavy atom. The van der Waals surface area contributed by atoms with Gasteiger partial charge in [-0.05, 0) is 24.1 Å². The molecule has 0 heterocycles. The average molecular weight is 213 g/mol. The van der Waals surface area contributed by atoms with Crippen LogP contribution in [-0.2, 0) is 5.75 Å². The third-order valence-corrected chi connectivity index (χ3v) is 3.45. The number of rotatable bonds is 3. The second-order valence-electron chi connectivity index (χ2n) is 3.46. The van der Waals surface area contributed by atoms with E-state index in [9.17, 15) is 0 Å². The molecular formula is C14H13S. The highest BCUT2D eigenvalue weighted by Crippen LogP contribution is 2.24. The summed E-state index contributed by atoms with van der Waals surface area (Å²) in [4.78, 5) is 1.25. The Labute approximate surface area is 95.3 Å². The van der Waals surface area contributed by atoms with Crippen molar-refractivity contribution in [1.29, 1.82) is 0 Å². The molecule has 0 aromatic heterocycles. The van der Waals surface area contributed by atoms with Crippen LogP contribution >= 0.6 is 11.8 Å². The van der Waals surface area contributed by atoms with Crippen molar-refractivity contribution in [3.63, 3.8) is 0 Å². The van der Waals surface area contributed by atoms with Gasteiger partial charge in [-0.2, -0.15) is 0 Å². The van der Waals surface area contributed by atoms with E-state index in [1.54, 1.807) is 0 Å². The largest absolute Gasteiger partial charge is 0.120 e. The Balaban J connectivity index is 2.03. The molecule has 0 fully saturated rings. The Hall–Kier alpha value is -1.21. The lowest BCUT2D eigenvalue weighted by Gasteiger charge is -2.04. The summed E-state index contributed by atoms with van der Waals surface area (Å²) >= 11 is 1.84. The van der Waals surface area contributed by atoms with Crippen LogP contribution < -0.4 is 0 Å². The normalized spacial score (nSPS) is 10.2. The summed E-state index contributed by atoms with van der Waals surface area (Å²) in [5.41, 5.74) is 2.66. The zero-order valence-electron chi connectivity index (χ0n) is 8.73. The molecule has 0 unspecified atom stereocenters. The Morgan fingerprint density at radius 3 is 2.60 bits per heavy atom. The molecule has 15 heavy (non-hydrogen) atoms. The average Bonchev–Trinajstić information content (AvgIpc) is 2.29. The van der Waals surface area contributed by atoms with Crippen molar-refractivity contribution in [2.75, 3.05) is 0 Å². The topological polar surface area (TPSA) is 0 Å². The van der Waals surface area contributed by atoms with Crippen LogP contribution in [0, 0.1) is 13.0 Å². The summed E-state index contributed by atoms with van der Waals surface area (Å²) in [7, 11) is 0. The van der Waals surface area contributed by atoms with Gasteiger partial charge in [0.15, 0.2) is 0 Å². The highest BCUT2D eigenvalue weighted by Gasteiger charge is 1.98. The molecule has 2 aromatic carbocycles. The second kappa shape index (κ2) is 5.04. The van der Waals surface area contributed by atoms with Crippen LogP contribution in [0.15, 0.2) is 53.4 Å². The summed E-state index contributed by atoms with van der Waals surface area (Å²) in [6, 6.07) is 19.9. The molecule has 0 bridgehead atoms. The lowest BCUT2D eigenvalue weighted by molar-refractivity contribution is 1.28. The number of hydrogen-bond donors (Lipinski definition) is 0. The van der Waals surface area contributed by atoms with Crippen molar-refractivity contribution in [2.45, 2.75) is 17.6 Å². The van der Waals surface area contributed by atoms with Gasteiger partial charge in [-0.15, -0.1) is 11.8 Å². The molecule has 0 amide bonds. The SMILES string of the molecule is Cc1ccc[c]c1SCc1ccccc1. The molecule has 0 saturated carbocycles. The first kappa shape index (κ1) is 10.3. The number of aryl methyl sites for hydroxylation is 1. The van der Waals surface area contributed by atoms with Crippen molar-refractivity contribution in [1.82, 2.24) is 0 Å². The Morgan fingerprint density at radius 1 is 1.07 bits per heavy atom. The Bertz CT molecular complexity index is 420. The Kier molecular flexibility index (Phi) is 3.46. The monoisotopic (exact) mass is 213 g/mol. The summed E-state index contributed by atoms with van der Waals surface area (Å²) in [5, 5.41) is 0. The lowest BCUT2D eigenvalue weighted by atomic mass is 10.2. The van der Waals surface area contributed by atoms with Crippen molar-refractivity contribution in [2.24, 2.45) is 0 Å². The standard InChI is InChI=1S/C14H13S/c1-12-7-5-6-10-14(12)15-11-13-8-3-2-4-9-13/h2-9H,11H2,1H3. The fourth-order valence-electron chi connectivity index (χ4n) is 1.39. The molecule has 0 aliphatic carbocycles. The van der Waals surface area contributed by atoms with Gasteiger partial charge in [-0.1, -0.05) is 48.5 Å². The summed E-state index contributed by atoms with van der Waals surface area (Å²) < 4.78 is 0. The minimum Gasteiger partial charge on any atom is -0.120 e. The molecule has 0 aliphatic heterocycles. The molecule has 2 rings (SSSR count). The van der Waals surface area contributed by atoms with E-state index in [0.29, 0.717) is 0 Å². The molecule has 0 spiro atoms. The second-order valence-corrected chi connectivity index (χ2v) is 4.44. The third kappa shape index (κ3) is 2.87. The number of hydrogen-bond acceptors (Lipinski definition) is 1. The molecule has 0 saturated heterocycles. The molecule has 0 atom stereocenters. The van der Waals surface area contributed by atoms with Gasteiger partial charge >= 0.3 is 0 Å². The van der Waals surface area contributed by atoms with Crippen LogP contribution in [0.3, 0.4) is 0 Å². The molecular weight excluding hydrogens is 200 g/mol. The van der Waals surface area contributed by atoms with Gasteiger partial charge in [0.05, 0.1) is 0 Å². The highest BCUT2D eigenvalue weighted by molar-refractivity contribution is 7.98.